The number of ether oxygens (including phenoxy) is 3. The molecule has 2 N–H and O–H groups in total. The number of aliphatic hydroxyl groups is 1. The first-order chi connectivity index (χ1) is 11.6. The van der Waals surface area contributed by atoms with Crippen LogP contribution in [-0.2, 0) is 6.54 Å². The van der Waals surface area contributed by atoms with Crippen molar-refractivity contribution in [3.63, 3.8) is 0 Å². The molecule has 0 radical (unpaired) electrons. The van der Waals surface area contributed by atoms with Crippen LogP contribution in [0.4, 0.5) is 4.39 Å². The van der Waals surface area contributed by atoms with E-state index in [-0.39, 0.29) is 12.4 Å². The smallest absolute Gasteiger partial charge is 0.203 e. The number of hydrogen-bond acceptors (Lipinski definition) is 5. The van der Waals surface area contributed by atoms with Gasteiger partial charge >= 0.3 is 0 Å². The van der Waals surface area contributed by atoms with Gasteiger partial charge in [-0.05, 0) is 23.8 Å². The molecule has 2 aromatic carbocycles. The average molecular weight is 335 g/mol. The topological polar surface area (TPSA) is 60.0 Å². The van der Waals surface area contributed by atoms with E-state index in [9.17, 15) is 9.50 Å². The predicted molar refractivity (Wildman–Crippen MR) is 89.2 cm³/mol. The molecule has 0 fully saturated rings. The number of nitrogens with one attached hydrogen (secondary N) is 1. The van der Waals surface area contributed by atoms with E-state index >= 15 is 0 Å². The molecule has 0 aliphatic rings. The van der Waals surface area contributed by atoms with E-state index in [1.165, 1.54) is 12.1 Å². The third-order valence-electron chi connectivity index (χ3n) is 3.67. The highest BCUT2D eigenvalue weighted by Gasteiger charge is 2.16. The Kier molecular flexibility index (Phi) is 6.40. The summed E-state index contributed by atoms with van der Waals surface area (Å²) >= 11 is 0. The van der Waals surface area contributed by atoms with Crippen LogP contribution in [0.3, 0.4) is 0 Å². The Labute approximate surface area is 141 Å². The number of aliphatic hydroxyl groups excluding tert-OH is 1. The fourth-order valence-corrected chi connectivity index (χ4v) is 2.48. The van der Waals surface area contributed by atoms with E-state index in [4.69, 9.17) is 14.2 Å². The molecular weight excluding hydrogens is 313 g/mol. The molecule has 0 spiro atoms. The SMILES string of the molecule is COc1ccc(CNCC(O)c2cccc(F)c2)c(OC)c1OC. The van der Waals surface area contributed by atoms with Gasteiger partial charge in [-0.1, -0.05) is 18.2 Å². The lowest BCUT2D eigenvalue weighted by molar-refractivity contribution is 0.173. The van der Waals surface area contributed by atoms with Gasteiger partial charge in [0.15, 0.2) is 11.5 Å². The molecule has 2 rings (SSSR count). The third kappa shape index (κ3) is 4.15. The van der Waals surface area contributed by atoms with Crippen LogP contribution in [0.25, 0.3) is 0 Å². The van der Waals surface area contributed by atoms with Gasteiger partial charge in [0.1, 0.15) is 5.82 Å². The van der Waals surface area contributed by atoms with Crippen molar-refractivity contribution in [3.05, 3.63) is 53.3 Å². The first-order valence-electron chi connectivity index (χ1n) is 7.52. The van der Waals surface area contributed by atoms with Crippen molar-refractivity contribution in [2.24, 2.45) is 0 Å². The lowest BCUT2D eigenvalue weighted by atomic mass is 10.1. The monoisotopic (exact) mass is 335 g/mol. The standard InChI is InChI=1S/C18H22FNO4/c1-22-16-8-7-13(17(23-2)18(16)24-3)10-20-11-15(21)12-5-4-6-14(19)9-12/h4-9,15,20-21H,10-11H2,1-3H3. The molecule has 0 bridgehead atoms. The van der Waals surface area contributed by atoms with Gasteiger partial charge in [-0.15, -0.1) is 0 Å². The highest BCUT2D eigenvalue weighted by atomic mass is 19.1. The lowest BCUT2D eigenvalue weighted by Gasteiger charge is -2.17. The fourth-order valence-electron chi connectivity index (χ4n) is 2.48. The molecule has 6 heteroatoms. The maximum Gasteiger partial charge on any atom is 0.203 e. The second-order valence-corrected chi connectivity index (χ2v) is 5.20. The first-order valence-corrected chi connectivity index (χ1v) is 7.52. The Morgan fingerprint density at radius 3 is 2.42 bits per heavy atom. The summed E-state index contributed by atoms with van der Waals surface area (Å²) in [6, 6.07) is 9.59. The van der Waals surface area contributed by atoms with Gasteiger partial charge in [-0.25, -0.2) is 4.39 Å². The Morgan fingerprint density at radius 2 is 1.79 bits per heavy atom. The van der Waals surface area contributed by atoms with Crippen LogP contribution >= 0.6 is 0 Å². The highest BCUT2D eigenvalue weighted by Crippen LogP contribution is 2.39. The molecule has 0 heterocycles. The molecule has 0 aromatic heterocycles. The Morgan fingerprint density at radius 1 is 1.04 bits per heavy atom. The summed E-state index contributed by atoms with van der Waals surface area (Å²) in [5.74, 6) is 1.31. The van der Waals surface area contributed by atoms with Crippen molar-refractivity contribution < 1.29 is 23.7 Å². The maximum atomic E-state index is 13.2. The van der Waals surface area contributed by atoms with Gasteiger partial charge < -0.3 is 24.6 Å². The van der Waals surface area contributed by atoms with E-state index in [0.29, 0.717) is 29.4 Å². The summed E-state index contributed by atoms with van der Waals surface area (Å²) in [4.78, 5) is 0. The van der Waals surface area contributed by atoms with Crippen LogP contribution in [0.15, 0.2) is 36.4 Å². The second-order valence-electron chi connectivity index (χ2n) is 5.20. The van der Waals surface area contributed by atoms with Crippen LogP contribution in [0.2, 0.25) is 0 Å². The van der Waals surface area contributed by atoms with Crippen molar-refractivity contribution in [3.8, 4) is 17.2 Å². The van der Waals surface area contributed by atoms with Crippen LogP contribution < -0.4 is 19.5 Å². The quantitative estimate of drug-likeness (QED) is 0.777. The lowest BCUT2D eigenvalue weighted by Crippen LogP contribution is -2.21. The minimum absolute atomic E-state index is 0.279. The number of halogens is 1. The molecule has 0 saturated heterocycles. The molecule has 1 unspecified atom stereocenters. The average Bonchev–Trinajstić information content (AvgIpc) is 2.60. The van der Waals surface area contributed by atoms with Crippen LogP contribution in [-0.4, -0.2) is 33.0 Å². The summed E-state index contributed by atoms with van der Waals surface area (Å²) in [6.07, 6.45) is -0.799. The van der Waals surface area contributed by atoms with Gasteiger partial charge in [0, 0.05) is 18.7 Å². The summed E-state index contributed by atoms with van der Waals surface area (Å²) in [7, 11) is 4.66. The molecule has 0 amide bonds. The first kappa shape index (κ1) is 18.0. The van der Waals surface area contributed by atoms with E-state index in [1.807, 2.05) is 6.07 Å². The normalized spacial score (nSPS) is 11.9. The van der Waals surface area contributed by atoms with E-state index in [2.05, 4.69) is 5.32 Å². The summed E-state index contributed by atoms with van der Waals surface area (Å²) in [5.41, 5.74) is 1.39. The fraction of sp³-hybridized carbons (Fsp3) is 0.333. The summed E-state index contributed by atoms with van der Waals surface area (Å²) in [5, 5.41) is 13.3. The van der Waals surface area contributed by atoms with Gasteiger partial charge in [0.2, 0.25) is 5.75 Å². The molecule has 0 saturated carbocycles. The molecule has 24 heavy (non-hydrogen) atoms. The van der Waals surface area contributed by atoms with E-state index < -0.39 is 6.10 Å². The minimum Gasteiger partial charge on any atom is -0.493 e. The van der Waals surface area contributed by atoms with Gasteiger partial charge in [0.25, 0.3) is 0 Å². The largest absolute Gasteiger partial charge is 0.493 e. The third-order valence-corrected chi connectivity index (χ3v) is 3.67. The maximum absolute atomic E-state index is 13.2. The zero-order chi connectivity index (χ0) is 17.5. The Hall–Kier alpha value is -2.31. The van der Waals surface area contributed by atoms with E-state index in [0.717, 1.165) is 5.56 Å². The van der Waals surface area contributed by atoms with Crippen molar-refractivity contribution in [1.82, 2.24) is 5.32 Å². The van der Waals surface area contributed by atoms with Crippen LogP contribution in [0.1, 0.15) is 17.2 Å². The minimum atomic E-state index is -0.799. The zero-order valence-electron chi connectivity index (χ0n) is 14.0. The zero-order valence-corrected chi connectivity index (χ0v) is 14.0. The molecule has 1 atom stereocenters. The summed E-state index contributed by atoms with van der Waals surface area (Å²) < 4.78 is 29.2. The molecular formula is C18H22FNO4. The number of benzene rings is 2. The number of hydrogen-bond donors (Lipinski definition) is 2. The second kappa shape index (κ2) is 8.52. The van der Waals surface area contributed by atoms with E-state index in [1.54, 1.807) is 39.5 Å². The van der Waals surface area contributed by atoms with Gasteiger partial charge in [-0.3, -0.25) is 0 Å². The van der Waals surface area contributed by atoms with Crippen molar-refractivity contribution in [1.29, 1.82) is 0 Å². The van der Waals surface area contributed by atoms with Crippen molar-refractivity contribution >= 4 is 0 Å². The highest BCUT2D eigenvalue weighted by molar-refractivity contribution is 5.55. The molecule has 0 aliphatic carbocycles. The van der Waals surface area contributed by atoms with Crippen molar-refractivity contribution in [2.45, 2.75) is 12.6 Å². The number of methoxy groups -OCH3 is 3. The van der Waals surface area contributed by atoms with Gasteiger partial charge in [-0.2, -0.15) is 0 Å². The molecule has 5 nitrogen and oxygen atoms in total. The number of rotatable bonds is 8. The van der Waals surface area contributed by atoms with Crippen LogP contribution in [0, 0.1) is 5.82 Å². The Bertz CT molecular complexity index is 678. The van der Waals surface area contributed by atoms with Crippen molar-refractivity contribution in [2.75, 3.05) is 27.9 Å². The Balaban J connectivity index is 2.04. The molecule has 130 valence electrons. The molecule has 0 aliphatic heterocycles. The molecule has 2 aromatic rings. The van der Waals surface area contributed by atoms with Gasteiger partial charge in [0.05, 0.1) is 27.4 Å². The van der Waals surface area contributed by atoms with Crippen LogP contribution in [0.5, 0.6) is 17.2 Å². The summed E-state index contributed by atoms with van der Waals surface area (Å²) in [6.45, 7) is 0.733. The predicted octanol–water partition coefficient (Wildman–Crippen LogP) is 2.67.